The molecule has 1 N–H and O–H groups in total. The average molecular weight is 187 g/mol. The lowest BCUT2D eigenvalue weighted by Gasteiger charge is -2.14. The minimum absolute atomic E-state index is 0.401. The van der Waals surface area contributed by atoms with Crippen LogP contribution in [0.2, 0.25) is 0 Å². The van der Waals surface area contributed by atoms with Crippen molar-refractivity contribution in [2.24, 2.45) is 0 Å². The molecule has 0 saturated heterocycles. The molecule has 2 heteroatoms. The van der Waals surface area contributed by atoms with Gasteiger partial charge in [-0.2, -0.15) is 0 Å². The van der Waals surface area contributed by atoms with E-state index in [1.807, 2.05) is 0 Å². The van der Waals surface area contributed by atoms with Crippen molar-refractivity contribution in [3.05, 3.63) is 0 Å². The van der Waals surface area contributed by atoms with E-state index < -0.39 is 0 Å². The van der Waals surface area contributed by atoms with Gasteiger partial charge in [0.25, 0.3) is 0 Å². The Hall–Kier alpha value is -0.0800. The first-order chi connectivity index (χ1) is 6.16. The van der Waals surface area contributed by atoms with Gasteiger partial charge in [0.1, 0.15) is 0 Å². The second-order valence-corrected chi connectivity index (χ2v) is 3.93. The molecule has 0 rings (SSSR count). The van der Waals surface area contributed by atoms with Gasteiger partial charge in [-0.15, -0.1) is 0 Å². The summed E-state index contributed by atoms with van der Waals surface area (Å²) in [5.41, 5.74) is 0. The summed E-state index contributed by atoms with van der Waals surface area (Å²) < 4.78 is 5.62. The maximum absolute atomic E-state index is 5.62. The van der Waals surface area contributed by atoms with E-state index in [9.17, 15) is 0 Å². The Morgan fingerprint density at radius 2 is 1.92 bits per heavy atom. The monoisotopic (exact) mass is 187 g/mol. The van der Waals surface area contributed by atoms with Crippen LogP contribution in [-0.4, -0.2) is 25.3 Å². The first kappa shape index (κ1) is 12.9. The molecular formula is C11H25NO. The third kappa shape index (κ3) is 9.84. The van der Waals surface area contributed by atoms with Crippen LogP contribution in [0.15, 0.2) is 0 Å². The second kappa shape index (κ2) is 8.52. The molecule has 1 unspecified atom stereocenters. The van der Waals surface area contributed by atoms with Crippen LogP contribution in [-0.2, 0) is 4.74 Å². The van der Waals surface area contributed by atoms with Crippen molar-refractivity contribution in [2.45, 2.75) is 59.1 Å². The first-order valence-electron chi connectivity index (χ1n) is 5.51. The number of rotatable bonds is 8. The van der Waals surface area contributed by atoms with Crippen LogP contribution in [0.5, 0.6) is 0 Å². The van der Waals surface area contributed by atoms with Gasteiger partial charge in [0.05, 0.1) is 6.10 Å². The largest absolute Gasteiger partial charge is 0.378 e. The molecule has 0 aliphatic rings. The molecule has 0 amide bonds. The van der Waals surface area contributed by atoms with E-state index in [-0.39, 0.29) is 0 Å². The summed E-state index contributed by atoms with van der Waals surface area (Å²) in [6.45, 7) is 10.7. The van der Waals surface area contributed by atoms with Crippen molar-refractivity contribution in [1.29, 1.82) is 0 Å². The van der Waals surface area contributed by atoms with Crippen molar-refractivity contribution in [1.82, 2.24) is 5.32 Å². The predicted molar refractivity (Wildman–Crippen MR) is 58.1 cm³/mol. The zero-order chi connectivity index (χ0) is 10.1. The minimum atomic E-state index is 0.401. The molecule has 0 saturated carbocycles. The molecule has 80 valence electrons. The molecule has 1 atom stereocenters. The number of unbranched alkanes of at least 4 members (excludes halogenated alkanes) is 1. The lowest BCUT2D eigenvalue weighted by Crippen LogP contribution is -2.26. The smallest absolute Gasteiger partial charge is 0.0559 e. The van der Waals surface area contributed by atoms with Crippen LogP contribution in [0, 0.1) is 0 Å². The Morgan fingerprint density at radius 1 is 1.23 bits per heavy atom. The molecule has 0 radical (unpaired) electrons. The summed E-state index contributed by atoms with van der Waals surface area (Å²) in [7, 11) is 0. The highest BCUT2D eigenvalue weighted by Gasteiger charge is 2.01. The highest BCUT2D eigenvalue weighted by molar-refractivity contribution is 4.57. The van der Waals surface area contributed by atoms with Gasteiger partial charge in [-0.05, 0) is 26.3 Å². The van der Waals surface area contributed by atoms with Crippen LogP contribution < -0.4 is 5.32 Å². The summed E-state index contributed by atoms with van der Waals surface area (Å²) in [6, 6.07) is 0.586. The molecule has 0 aromatic rings. The third-order valence-corrected chi connectivity index (χ3v) is 2.00. The van der Waals surface area contributed by atoms with Gasteiger partial charge in [-0.3, -0.25) is 0 Å². The minimum Gasteiger partial charge on any atom is -0.378 e. The first-order valence-corrected chi connectivity index (χ1v) is 5.51. The highest BCUT2D eigenvalue weighted by Crippen LogP contribution is 1.98. The predicted octanol–water partition coefficient (Wildman–Crippen LogP) is 2.58. The van der Waals surface area contributed by atoms with Crippen molar-refractivity contribution >= 4 is 0 Å². The van der Waals surface area contributed by atoms with Gasteiger partial charge < -0.3 is 10.1 Å². The standard InChI is InChI=1S/C11H25NO/c1-5-6-9-13-11(4)7-8-12-10(2)3/h10-12H,5-9H2,1-4H3. The van der Waals surface area contributed by atoms with E-state index in [0.717, 1.165) is 19.6 Å². The Balaban J connectivity index is 3.15. The zero-order valence-electron chi connectivity index (χ0n) is 9.60. The van der Waals surface area contributed by atoms with Gasteiger partial charge in [0, 0.05) is 12.6 Å². The van der Waals surface area contributed by atoms with Gasteiger partial charge >= 0.3 is 0 Å². The summed E-state index contributed by atoms with van der Waals surface area (Å²) in [5, 5.41) is 3.39. The van der Waals surface area contributed by atoms with E-state index in [4.69, 9.17) is 4.74 Å². The third-order valence-electron chi connectivity index (χ3n) is 2.00. The van der Waals surface area contributed by atoms with Crippen LogP contribution in [0.1, 0.15) is 47.0 Å². The van der Waals surface area contributed by atoms with Crippen LogP contribution in [0.3, 0.4) is 0 Å². The molecule has 0 fully saturated rings. The molecule has 0 aliphatic carbocycles. The number of hydrogen-bond donors (Lipinski definition) is 1. The van der Waals surface area contributed by atoms with Crippen molar-refractivity contribution < 1.29 is 4.74 Å². The number of ether oxygens (including phenoxy) is 1. The fraction of sp³-hybridized carbons (Fsp3) is 1.00. The number of hydrogen-bond acceptors (Lipinski definition) is 2. The second-order valence-electron chi connectivity index (χ2n) is 3.93. The van der Waals surface area contributed by atoms with Crippen molar-refractivity contribution in [2.75, 3.05) is 13.2 Å². The summed E-state index contributed by atoms with van der Waals surface area (Å²) >= 11 is 0. The Labute approximate surface area is 83.1 Å². The highest BCUT2D eigenvalue weighted by atomic mass is 16.5. The molecule has 0 heterocycles. The van der Waals surface area contributed by atoms with Crippen LogP contribution in [0.4, 0.5) is 0 Å². The molecule has 0 aliphatic heterocycles. The van der Waals surface area contributed by atoms with Crippen LogP contribution in [0.25, 0.3) is 0 Å². The molecule has 0 aromatic heterocycles. The topological polar surface area (TPSA) is 21.3 Å². The van der Waals surface area contributed by atoms with E-state index in [1.54, 1.807) is 0 Å². The van der Waals surface area contributed by atoms with E-state index >= 15 is 0 Å². The van der Waals surface area contributed by atoms with E-state index in [1.165, 1.54) is 12.8 Å². The summed E-state index contributed by atoms with van der Waals surface area (Å²) in [4.78, 5) is 0. The van der Waals surface area contributed by atoms with E-state index in [0.29, 0.717) is 12.1 Å². The van der Waals surface area contributed by atoms with Crippen molar-refractivity contribution in [3.63, 3.8) is 0 Å². The molecule has 2 nitrogen and oxygen atoms in total. The fourth-order valence-corrected chi connectivity index (χ4v) is 1.09. The van der Waals surface area contributed by atoms with Crippen molar-refractivity contribution in [3.8, 4) is 0 Å². The molecule has 13 heavy (non-hydrogen) atoms. The quantitative estimate of drug-likeness (QED) is 0.590. The Bertz CT molecular complexity index is 104. The summed E-state index contributed by atoms with van der Waals surface area (Å²) in [5.74, 6) is 0. The van der Waals surface area contributed by atoms with E-state index in [2.05, 4.69) is 33.0 Å². The lowest BCUT2D eigenvalue weighted by molar-refractivity contribution is 0.0582. The fourth-order valence-electron chi connectivity index (χ4n) is 1.09. The van der Waals surface area contributed by atoms with Gasteiger partial charge in [-0.25, -0.2) is 0 Å². The SMILES string of the molecule is CCCCOC(C)CCNC(C)C. The zero-order valence-corrected chi connectivity index (χ0v) is 9.60. The van der Waals surface area contributed by atoms with Gasteiger partial charge in [0.2, 0.25) is 0 Å². The molecule has 0 bridgehead atoms. The lowest BCUT2D eigenvalue weighted by atomic mass is 10.2. The Morgan fingerprint density at radius 3 is 2.46 bits per heavy atom. The number of nitrogens with one attached hydrogen (secondary N) is 1. The average Bonchev–Trinajstić information content (AvgIpc) is 2.04. The maximum Gasteiger partial charge on any atom is 0.0559 e. The van der Waals surface area contributed by atoms with Crippen LogP contribution >= 0.6 is 0 Å². The molecule has 0 aromatic carbocycles. The molecular weight excluding hydrogens is 162 g/mol. The Kier molecular flexibility index (Phi) is 8.46. The summed E-state index contributed by atoms with van der Waals surface area (Å²) in [6.07, 6.45) is 3.92. The molecule has 0 spiro atoms. The normalized spacial score (nSPS) is 13.6. The van der Waals surface area contributed by atoms with Gasteiger partial charge in [-0.1, -0.05) is 27.2 Å². The van der Waals surface area contributed by atoms with Gasteiger partial charge in [0.15, 0.2) is 0 Å². The maximum atomic E-state index is 5.62.